The number of nitrogens with one attached hydrogen (secondary N) is 1. The van der Waals surface area contributed by atoms with E-state index in [9.17, 15) is 22.0 Å². The van der Waals surface area contributed by atoms with Gasteiger partial charge >= 0.3 is 0 Å². The molecule has 0 aliphatic heterocycles. The number of nitrogens with two attached hydrogens (primary N) is 1. The lowest BCUT2D eigenvalue weighted by Crippen LogP contribution is -2.23. The molecule has 0 fully saturated rings. The number of H-pyrrole nitrogens is 1. The number of aromatic amines is 1. The zero-order valence-corrected chi connectivity index (χ0v) is 16.2. The summed E-state index contributed by atoms with van der Waals surface area (Å²) < 4.78 is 53.3. The van der Waals surface area contributed by atoms with E-state index in [4.69, 9.17) is 5.14 Å². The van der Waals surface area contributed by atoms with Gasteiger partial charge in [0.2, 0.25) is 15.8 Å². The molecular weight excluding hydrogens is 446 g/mol. The molecule has 0 radical (unpaired) electrons. The number of halogens is 3. The molecular formula is C16H13BrF2N4O3S. The molecule has 7 nitrogen and oxygen atoms in total. The number of ketones is 1. The average molecular weight is 459 g/mol. The minimum atomic E-state index is -4.15. The van der Waals surface area contributed by atoms with E-state index in [-0.39, 0.29) is 28.7 Å². The third-order valence-corrected chi connectivity index (χ3v) is 5.88. The van der Waals surface area contributed by atoms with Crippen molar-refractivity contribution in [1.82, 2.24) is 15.2 Å². The Morgan fingerprint density at radius 2 is 2.07 bits per heavy atom. The van der Waals surface area contributed by atoms with Crippen molar-refractivity contribution < 1.29 is 22.0 Å². The van der Waals surface area contributed by atoms with Crippen molar-refractivity contribution in [1.29, 1.82) is 0 Å². The summed E-state index contributed by atoms with van der Waals surface area (Å²) in [5.74, 6) is -3.42. The molecule has 11 heteroatoms. The Morgan fingerprint density at radius 1 is 1.37 bits per heavy atom. The third-order valence-electron chi connectivity index (χ3n) is 4.07. The molecule has 0 saturated carbocycles. The molecule has 0 bridgehead atoms. The highest BCUT2D eigenvalue weighted by molar-refractivity contribution is 9.10. The largest absolute Gasteiger partial charge is 0.287 e. The molecule has 1 unspecified atom stereocenters. The van der Waals surface area contributed by atoms with Gasteiger partial charge in [0.15, 0.2) is 5.65 Å². The van der Waals surface area contributed by atoms with Gasteiger partial charge < -0.3 is 0 Å². The monoisotopic (exact) mass is 458 g/mol. The molecule has 1 atom stereocenters. The van der Waals surface area contributed by atoms with Crippen LogP contribution in [0.25, 0.3) is 11.0 Å². The van der Waals surface area contributed by atoms with Crippen LogP contribution in [-0.2, 0) is 10.0 Å². The minimum absolute atomic E-state index is 0.0428. The number of hydrogen-bond donors (Lipinski definition) is 2. The van der Waals surface area contributed by atoms with Crippen molar-refractivity contribution in [2.24, 2.45) is 5.14 Å². The highest BCUT2D eigenvalue weighted by Crippen LogP contribution is 2.31. The number of carbonyl (C=O) groups is 1. The van der Waals surface area contributed by atoms with Crippen LogP contribution in [0.1, 0.15) is 40.2 Å². The predicted octanol–water partition coefficient (Wildman–Crippen LogP) is 2.97. The van der Waals surface area contributed by atoms with E-state index in [0.717, 1.165) is 12.1 Å². The summed E-state index contributed by atoms with van der Waals surface area (Å²) in [6.45, 7) is 1.49. The summed E-state index contributed by atoms with van der Waals surface area (Å²) in [7, 11) is -4.15. The third kappa shape index (κ3) is 3.49. The van der Waals surface area contributed by atoms with E-state index in [1.807, 2.05) is 0 Å². The second-order valence-corrected chi connectivity index (χ2v) is 8.43. The summed E-state index contributed by atoms with van der Waals surface area (Å²) in [6.07, 6.45) is 1.41. The van der Waals surface area contributed by atoms with Gasteiger partial charge in [-0.15, -0.1) is 0 Å². The highest BCUT2D eigenvalue weighted by Gasteiger charge is 2.31. The van der Waals surface area contributed by atoms with Crippen molar-refractivity contribution >= 4 is 42.8 Å². The number of nitrogens with zero attached hydrogens (tertiary/aromatic N) is 2. The maximum absolute atomic E-state index is 15.0. The van der Waals surface area contributed by atoms with Crippen LogP contribution >= 0.6 is 15.9 Å². The summed E-state index contributed by atoms with van der Waals surface area (Å²) in [5, 5.41) is 10.3. The first-order valence-corrected chi connectivity index (χ1v) is 10.1. The van der Waals surface area contributed by atoms with E-state index in [0.29, 0.717) is 4.47 Å². The zero-order valence-electron chi connectivity index (χ0n) is 13.8. The van der Waals surface area contributed by atoms with Crippen LogP contribution in [-0.4, -0.2) is 29.4 Å². The Balaban J connectivity index is 2.20. The molecule has 0 spiro atoms. The van der Waals surface area contributed by atoms with Gasteiger partial charge in [-0.1, -0.05) is 13.0 Å². The first kappa shape index (κ1) is 19.5. The number of pyridine rings is 1. The molecule has 0 aliphatic carbocycles. The first-order chi connectivity index (χ1) is 12.6. The van der Waals surface area contributed by atoms with Crippen molar-refractivity contribution in [3.63, 3.8) is 0 Å². The van der Waals surface area contributed by atoms with Crippen molar-refractivity contribution in [3.8, 4) is 0 Å². The number of sulfonamides is 1. The van der Waals surface area contributed by atoms with Gasteiger partial charge in [-0.25, -0.2) is 27.3 Å². The van der Waals surface area contributed by atoms with Crippen molar-refractivity contribution in [2.45, 2.75) is 18.6 Å². The number of rotatable bonds is 5. The lowest BCUT2D eigenvalue weighted by molar-refractivity contribution is 0.102. The molecule has 142 valence electrons. The van der Waals surface area contributed by atoms with Crippen molar-refractivity contribution in [3.05, 3.63) is 57.3 Å². The highest BCUT2D eigenvalue weighted by atomic mass is 79.9. The number of benzene rings is 1. The normalized spacial score (nSPS) is 13.1. The second-order valence-electron chi connectivity index (χ2n) is 5.76. The predicted molar refractivity (Wildman–Crippen MR) is 97.5 cm³/mol. The maximum Gasteiger partial charge on any atom is 0.217 e. The van der Waals surface area contributed by atoms with Gasteiger partial charge in [-0.3, -0.25) is 9.89 Å². The standard InChI is InChI=1S/C16H13BrF2N4O3S/c1-2-11(27(20,25)26)8-3-4-10(18)12(13(8)19)15(24)14-9-5-7(17)6-21-16(9)23-22-14/h3-6,11H,2H2,1H3,(H2,20,25,26)(H,21,22,23). The van der Waals surface area contributed by atoms with Crippen LogP contribution in [0.5, 0.6) is 0 Å². The topological polar surface area (TPSA) is 119 Å². The summed E-state index contributed by atoms with van der Waals surface area (Å²) in [6, 6.07) is 3.34. The van der Waals surface area contributed by atoms with Crippen LogP contribution in [0.3, 0.4) is 0 Å². The molecule has 27 heavy (non-hydrogen) atoms. The molecule has 2 aromatic heterocycles. The van der Waals surface area contributed by atoms with E-state index in [1.54, 1.807) is 0 Å². The van der Waals surface area contributed by atoms with Crippen LogP contribution in [0.15, 0.2) is 28.9 Å². The molecule has 2 heterocycles. The Labute approximate surface area is 161 Å². The quantitative estimate of drug-likeness (QED) is 0.569. The number of primary sulfonamides is 1. The van der Waals surface area contributed by atoms with E-state index in [1.165, 1.54) is 19.2 Å². The Kier molecular flexibility index (Phi) is 5.10. The van der Waals surface area contributed by atoms with Gasteiger partial charge in [-0.2, -0.15) is 5.10 Å². The molecule has 1 aromatic carbocycles. The molecule has 0 amide bonds. The maximum atomic E-state index is 15.0. The van der Waals surface area contributed by atoms with Crippen LogP contribution in [0.4, 0.5) is 8.78 Å². The van der Waals surface area contributed by atoms with Crippen molar-refractivity contribution in [2.75, 3.05) is 0 Å². The Bertz CT molecular complexity index is 1160. The second kappa shape index (κ2) is 7.06. The number of carbonyl (C=O) groups excluding carboxylic acids is 1. The smallest absolute Gasteiger partial charge is 0.217 e. The van der Waals surface area contributed by atoms with Gasteiger partial charge in [0, 0.05) is 16.2 Å². The van der Waals surface area contributed by atoms with Gasteiger partial charge in [-0.05, 0) is 34.5 Å². The van der Waals surface area contributed by atoms with E-state index < -0.39 is 38.3 Å². The van der Waals surface area contributed by atoms with E-state index >= 15 is 0 Å². The summed E-state index contributed by atoms with van der Waals surface area (Å²) in [5.41, 5.74) is -1.24. The fraction of sp³-hybridized carbons (Fsp3) is 0.188. The lowest BCUT2D eigenvalue weighted by Gasteiger charge is -2.15. The number of hydrogen-bond acceptors (Lipinski definition) is 5. The zero-order chi connectivity index (χ0) is 19.9. The first-order valence-electron chi connectivity index (χ1n) is 7.69. The number of aromatic nitrogens is 3. The molecule has 3 rings (SSSR count). The minimum Gasteiger partial charge on any atom is -0.287 e. The summed E-state index contributed by atoms with van der Waals surface area (Å²) in [4.78, 5) is 16.8. The Hall–Kier alpha value is -2.24. The van der Waals surface area contributed by atoms with Gasteiger partial charge in [0.05, 0.1) is 10.9 Å². The fourth-order valence-electron chi connectivity index (χ4n) is 2.83. The fourth-order valence-corrected chi connectivity index (χ4v) is 4.16. The van der Waals surface area contributed by atoms with Crippen LogP contribution < -0.4 is 5.14 Å². The number of fused-ring (bicyclic) bond motifs is 1. The van der Waals surface area contributed by atoms with Gasteiger partial charge in [0.25, 0.3) is 0 Å². The average Bonchev–Trinajstić information content (AvgIpc) is 2.99. The Morgan fingerprint density at radius 3 is 2.70 bits per heavy atom. The molecule has 3 aromatic rings. The summed E-state index contributed by atoms with van der Waals surface area (Å²) >= 11 is 3.20. The molecule has 0 saturated heterocycles. The van der Waals surface area contributed by atoms with Crippen LogP contribution in [0, 0.1) is 11.6 Å². The SMILES string of the molecule is CCC(c1ccc(F)c(C(=O)c2[nH]nc3ncc(Br)cc23)c1F)S(N)(=O)=O. The molecule has 0 aliphatic rings. The van der Waals surface area contributed by atoms with E-state index in [2.05, 4.69) is 31.1 Å². The van der Waals surface area contributed by atoms with Crippen LogP contribution in [0.2, 0.25) is 0 Å². The molecule has 3 N–H and O–H groups in total. The van der Waals surface area contributed by atoms with Gasteiger partial charge in [0.1, 0.15) is 22.6 Å². The lowest BCUT2D eigenvalue weighted by atomic mass is 9.99.